The van der Waals surface area contributed by atoms with Gasteiger partial charge in [0.1, 0.15) is 11.8 Å². The Hall–Kier alpha value is -4.07. The van der Waals surface area contributed by atoms with E-state index in [4.69, 9.17) is 14.2 Å². The van der Waals surface area contributed by atoms with Crippen molar-refractivity contribution in [1.29, 1.82) is 0 Å². The number of aromatic amines is 1. The Morgan fingerprint density at radius 1 is 1.06 bits per heavy atom. The van der Waals surface area contributed by atoms with E-state index in [9.17, 15) is 4.79 Å². The second-order valence-corrected chi connectivity index (χ2v) is 7.86. The second kappa shape index (κ2) is 7.56. The maximum atomic E-state index is 13.0. The van der Waals surface area contributed by atoms with Crippen LogP contribution in [0.3, 0.4) is 0 Å². The van der Waals surface area contributed by atoms with Crippen LogP contribution in [-0.4, -0.2) is 52.0 Å². The average molecular weight is 428 g/mol. The highest BCUT2D eigenvalue weighted by atomic mass is 16.7. The predicted molar refractivity (Wildman–Crippen MR) is 117 cm³/mol. The Labute approximate surface area is 183 Å². The summed E-state index contributed by atoms with van der Waals surface area (Å²) in [5, 5.41) is 8.25. The van der Waals surface area contributed by atoms with Crippen LogP contribution in [0, 0.1) is 0 Å². The molecule has 0 bridgehead atoms. The number of fused-ring (bicyclic) bond motifs is 2. The van der Waals surface area contributed by atoms with Gasteiger partial charge in [0.05, 0.1) is 17.8 Å². The van der Waals surface area contributed by atoms with Crippen LogP contribution in [0.1, 0.15) is 16.9 Å². The van der Waals surface area contributed by atoms with E-state index >= 15 is 0 Å². The summed E-state index contributed by atoms with van der Waals surface area (Å²) < 4.78 is 16.8. The Kier molecular flexibility index (Phi) is 4.41. The molecule has 1 saturated heterocycles. The zero-order valence-electron chi connectivity index (χ0n) is 17.2. The largest absolute Gasteiger partial charge is 0.472 e. The number of rotatable bonds is 4. The van der Waals surface area contributed by atoms with Crippen LogP contribution in [0.25, 0.3) is 22.2 Å². The van der Waals surface area contributed by atoms with Crippen molar-refractivity contribution in [2.24, 2.45) is 0 Å². The van der Waals surface area contributed by atoms with Crippen molar-refractivity contribution >= 4 is 16.8 Å². The Bertz CT molecular complexity index is 1320. The monoisotopic (exact) mass is 428 g/mol. The third-order valence-electron chi connectivity index (χ3n) is 5.77. The lowest BCUT2D eigenvalue weighted by atomic mass is 10.1. The van der Waals surface area contributed by atoms with Crippen LogP contribution in [0.15, 0.2) is 60.7 Å². The first-order valence-corrected chi connectivity index (χ1v) is 10.5. The molecular formula is C24H20N4O4. The highest BCUT2D eigenvalue weighted by Crippen LogP contribution is 2.35. The van der Waals surface area contributed by atoms with E-state index in [1.807, 2.05) is 54.6 Å². The van der Waals surface area contributed by atoms with Gasteiger partial charge in [0.25, 0.3) is 5.91 Å². The summed E-state index contributed by atoms with van der Waals surface area (Å²) in [5.74, 6) is 1.88. The molecule has 1 unspecified atom stereocenters. The summed E-state index contributed by atoms with van der Waals surface area (Å²) in [5.41, 5.74) is 2.88. The number of benzene rings is 2. The lowest BCUT2D eigenvalue weighted by Crippen LogP contribution is -2.31. The van der Waals surface area contributed by atoms with Crippen LogP contribution in [0.5, 0.6) is 17.4 Å². The molecule has 0 saturated carbocycles. The number of H-pyrrole nitrogens is 1. The molecule has 8 nitrogen and oxygen atoms in total. The maximum Gasteiger partial charge on any atom is 0.272 e. The maximum absolute atomic E-state index is 13.0. The van der Waals surface area contributed by atoms with Gasteiger partial charge in [-0.3, -0.25) is 9.89 Å². The molecule has 2 aromatic carbocycles. The van der Waals surface area contributed by atoms with E-state index in [-0.39, 0.29) is 18.8 Å². The van der Waals surface area contributed by atoms with Gasteiger partial charge >= 0.3 is 0 Å². The van der Waals surface area contributed by atoms with Crippen LogP contribution in [-0.2, 0) is 0 Å². The van der Waals surface area contributed by atoms with Crippen LogP contribution in [0.2, 0.25) is 0 Å². The van der Waals surface area contributed by atoms with E-state index in [0.717, 1.165) is 22.9 Å². The molecule has 1 amide bonds. The van der Waals surface area contributed by atoms with Gasteiger partial charge in [-0.1, -0.05) is 18.2 Å². The minimum Gasteiger partial charge on any atom is -0.472 e. The van der Waals surface area contributed by atoms with Crippen molar-refractivity contribution in [1.82, 2.24) is 20.1 Å². The fraction of sp³-hybridized carbons (Fsp3) is 0.208. The van der Waals surface area contributed by atoms with Crippen LogP contribution < -0.4 is 14.2 Å². The highest BCUT2D eigenvalue weighted by Gasteiger charge is 2.29. The molecular weight excluding hydrogens is 408 g/mol. The quantitative estimate of drug-likeness (QED) is 0.534. The number of hydrogen-bond acceptors (Lipinski definition) is 6. The van der Waals surface area contributed by atoms with Gasteiger partial charge in [0.2, 0.25) is 12.7 Å². The molecule has 1 N–H and O–H groups in total. The van der Waals surface area contributed by atoms with Gasteiger partial charge < -0.3 is 19.1 Å². The molecule has 6 rings (SSSR count). The van der Waals surface area contributed by atoms with Crippen molar-refractivity contribution < 1.29 is 19.0 Å². The zero-order chi connectivity index (χ0) is 21.5. The second-order valence-electron chi connectivity index (χ2n) is 7.86. The number of likely N-dealkylation sites (tertiary alicyclic amines) is 1. The Morgan fingerprint density at radius 2 is 1.97 bits per heavy atom. The number of hydrogen-bond donors (Lipinski definition) is 1. The molecule has 0 radical (unpaired) electrons. The molecule has 2 aliphatic heterocycles. The van der Waals surface area contributed by atoms with Crippen molar-refractivity contribution in [3.05, 3.63) is 66.4 Å². The molecule has 160 valence electrons. The number of carbonyl (C=O) groups excluding carboxylic acids is 1. The van der Waals surface area contributed by atoms with E-state index < -0.39 is 0 Å². The zero-order valence-corrected chi connectivity index (χ0v) is 17.2. The molecule has 32 heavy (non-hydrogen) atoms. The lowest BCUT2D eigenvalue weighted by molar-refractivity contribution is 0.0765. The first kappa shape index (κ1) is 18.7. The summed E-state index contributed by atoms with van der Waals surface area (Å²) in [6.45, 7) is 1.34. The highest BCUT2D eigenvalue weighted by molar-refractivity contribution is 5.93. The number of nitrogens with one attached hydrogen (secondary N) is 1. The lowest BCUT2D eigenvalue weighted by Gasteiger charge is -2.16. The summed E-state index contributed by atoms with van der Waals surface area (Å²) in [6.07, 6.45) is 0.660. The van der Waals surface area contributed by atoms with Gasteiger partial charge in [-0.05, 0) is 36.4 Å². The van der Waals surface area contributed by atoms with E-state index in [1.54, 1.807) is 11.0 Å². The van der Waals surface area contributed by atoms with Gasteiger partial charge in [-0.15, -0.1) is 0 Å². The van der Waals surface area contributed by atoms with Crippen molar-refractivity contribution in [2.75, 3.05) is 19.9 Å². The molecule has 0 spiro atoms. The molecule has 0 aliphatic carbocycles. The predicted octanol–water partition coefficient (Wildman–Crippen LogP) is 3.65. The number of para-hydroxylation sites is 1. The minimum absolute atomic E-state index is 0.0936. The summed E-state index contributed by atoms with van der Waals surface area (Å²) in [7, 11) is 0. The molecule has 1 fully saturated rings. The third kappa shape index (κ3) is 3.39. The molecule has 4 heterocycles. The smallest absolute Gasteiger partial charge is 0.272 e. The molecule has 4 aromatic rings. The van der Waals surface area contributed by atoms with Crippen molar-refractivity contribution in [3.8, 4) is 28.6 Å². The van der Waals surface area contributed by atoms with E-state index in [0.29, 0.717) is 41.9 Å². The number of pyridine rings is 1. The first-order chi connectivity index (χ1) is 15.7. The number of carbonyl (C=O) groups is 1. The molecule has 1 atom stereocenters. The summed E-state index contributed by atoms with van der Waals surface area (Å²) >= 11 is 0. The Balaban J connectivity index is 1.13. The van der Waals surface area contributed by atoms with Crippen LogP contribution in [0.4, 0.5) is 0 Å². The fourth-order valence-electron chi connectivity index (χ4n) is 4.10. The first-order valence-electron chi connectivity index (χ1n) is 10.5. The van der Waals surface area contributed by atoms with E-state index in [1.165, 1.54) is 0 Å². The standard InChI is InChI=1S/C24H20N4O4/c29-24(20-12-19(26-27-20)16-5-7-21-22(11-16)31-14-30-21)28-10-9-17(13-28)32-23-8-6-15-3-1-2-4-18(15)25-23/h1-8,11-12,17H,9-10,13-14H2,(H,26,27). The number of nitrogens with zero attached hydrogens (tertiary/aromatic N) is 3. The number of amides is 1. The van der Waals surface area contributed by atoms with Gasteiger partial charge in [0.15, 0.2) is 11.5 Å². The third-order valence-corrected chi connectivity index (χ3v) is 5.77. The molecule has 2 aromatic heterocycles. The van der Waals surface area contributed by atoms with Crippen molar-refractivity contribution in [3.63, 3.8) is 0 Å². The van der Waals surface area contributed by atoms with Gasteiger partial charge in [-0.2, -0.15) is 5.10 Å². The van der Waals surface area contributed by atoms with E-state index in [2.05, 4.69) is 15.2 Å². The molecule has 8 heteroatoms. The molecule has 2 aliphatic rings. The van der Waals surface area contributed by atoms with Gasteiger partial charge in [-0.25, -0.2) is 4.98 Å². The Morgan fingerprint density at radius 3 is 2.94 bits per heavy atom. The van der Waals surface area contributed by atoms with Gasteiger partial charge in [0, 0.05) is 30.0 Å². The topological polar surface area (TPSA) is 89.6 Å². The average Bonchev–Trinajstić information content (AvgIpc) is 3.58. The normalized spacial score (nSPS) is 17.1. The minimum atomic E-state index is -0.0953. The van der Waals surface area contributed by atoms with Crippen molar-refractivity contribution in [2.45, 2.75) is 12.5 Å². The fourth-order valence-corrected chi connectivity index (χ4v) is 4.10. The number of ether oxygens (including phenoxy) is 3. The van der Waals surface area contributed by atoms with Crippen LogP contribution >= 0.6 is 0 Å². The number of aromatic nitrogens is 3. The summed E-state index contributed by atoms with van der Waals surface area (Å²) in [4.78, 5) is 19.3. The summed E-state index contributed by atoms with van der Waals surface area (Å²) in [6, 6.07) is 19.2. The SMILES string of the molecule is O=C(c1cc(-c2ccc3c(c2)OCO3)n[nH]1)N1CCC(Oc2ccc3ccccc3n2)C1.